The molecule has 4 nitrogen and oxygen atoms in total. The summed E-state index contributed by atoms with van der Waals surface area (Å²) in [6.07, 6.45) is 2.47. The number of hydrogen-bond donors (Lipinski definition) is 1. The molecule has 4 heteroatoms. The third kappa shape index (κ3) is 3.69. The summed E-state index contributed by atoms with van der Waals surface area (Å²) in [4.78, 5) is 14.3. The molecule has 1 aliphatic carbocycles. The highest BCUT2D eigenvalue weighted by Gasteiger charge is 2.44. The molecule has 106 valence electrons. The molecule has 0 aromatic carbocycles. The van der Waals surface area contributed by atoms with Crippen molar-refractivity contribution in [1.29, 1.82) is 0 Å². The first-order chi connectivity index (χ1) is 8.42. The van der Waals surface area contributed by atoms with Gasteiger partial charge in [-0.05, 0) is 38.6 Å². The second-order valence-corrected chi connectivity index (χ2v) is 5.75. The van der Waals surface area contributed by atoms with Crippen LogP contribution in [0, 0.1) is 5.92 Å². The zero-order valence-electron chi connectivity index (χ0n) is 12.2. The van der Waals surface area contributed by atoms with Crippen LogP contribution >= 0.6 is 0 Å². The van der Waals surface area contributed by atoms with E-state index in [4.69, 9.17) is 10.5 Å². The number of esters is 1. The summed E-state index contributed by atoms with van der Waals surface area (Å²) in [5.74, 6) is 0.411. The van der Waals surface area contributed by atoms with Crippen LogP contribution in [0.15, 0.2) is 0 Å². The van der Waals surface area contributed by atoms with Crippen molar-refractivity contribution in [3.05, 3.63) is 0 Å². The van der Waals surface area contributed by atoms with E-state index in [0.29, 0.717) is 18.6 Å². The quantitative estimate of drug-likeness (QED) is 0.736. The molecule has 2 atom stereocenters. The Morgan fingerprint density at radius 3 is 2.67 bits per heavy atom. The van der Waals surface area contributed by atoms with E-state index in [0.717, 1.165) is 32.4 Å². The third-order valence-corrected chi connectivity index (χ3v) is 3.73. The van der Waals surface area contributed by atoms with Crippen LogP contribution in [-0.2, 0) is 9.53 Å². The summed E-state index contributed by atoms with van der Waals surface area (Å²) >= 11 is 0. The number of carbonyl (C=O) groups excluding carboxylic acids is 1. The van der Waals surface area contributed by atoms with E-state index < -0.39 is 5.54 Å². The molecule has 1 aliphatic rings. The Morgan fingerprint density at radius 2 is 2.17 bits per heavy atom. The third-order valence-electron chi connectivity index (χ3n) is 3.73. The van der Waals surface area contributed by atoms with Gasteiger partial charge in [0, 0.05) is 12.6 Å². The van der Waals surface area contributed by atoms with Crippen molar-refractivity contribution in [3.63, 3.8) is 0 Å². The molecule has 1 fully saturated rings. The molecule has 0 aliphatic heterocycles. The maximum atomic E-state index is 11.9. The maximum Gasteiger partial charge on any atom is 0.326 e. The molecule has 18 heavy (non-hydrogen) atoms. The molecule has 0 spiro atoms. The monoisotopic (exact) mass is 256 g/mol. The van der Waals surface area contributed by atoms with Crippen molar-refractivity contribution in [1.82, 2.24) is 4.90 Å². The van der Waals surface area contributed by atoms with Crippen LogP contribution < -0.4 is 5.73 Å². The number of nitrogens with zero attached hydrogens (tertiary/aromatic N) is 1. The van der Waals surface area contributed by atoms with Crippen LogP contribution in [0.2, 0.25) is 0 Å². The summed E-state index contributed by atoms with van der Waals surface area (Å²) in [5.41, 5.74) is 5.44. The summed E-state index contributed by atoms with van der Waals surface area (Å²) in [7, 11) is 0. The van der Waals surface area contributed by atoms with E-state index in [-0.39, 0.29) is 5.97 Å². The molecule has 2 unspecified atom stereocenters. The highest BCUT2D eigenvalue weighted by molar-refractivity contribution is 5.81. The predicted molar refractivity (Wildman–Crippen MR) is 73.3 cm³/mol. The van der Waals surface area contributed by atoms with E-state index in [9.17, 15) is 4.79 Å². The molecule has 0 amide bonds. The summed E-state index contributed by atoms with van der Waals surface area (Å²) in [5, 5.41) is 0. The highest BCUT2D eigenvalue weighted by atomic mass is 16.5. The Labute approximate surface area is 111 Å². The average molecular weight is 256 g/mol. The lowest BCUT2D eigenvalue weighted by Gasteiger charge is -2.30. The lowest BCUT2D eigenvalue weighted by Crippen LogP contribution is -2.48. The molecular weight excluding hydrogens is 228 g/mol. The predicted octanol–water partition coefficient (Wildman–Crippen LogP) is 1.78. The Hall–Kier alpha value is -0.610. The van der Waals surface area contributed by atoms with Gasteiger partial charge in [0.05, 0.1) is 6.61 Å². The lowest BCUT2D eigenvalue weighted by atomic mass is 9.99. The van der Waals surface area contributed by atoms with Gasteiger partial charge < -0.3 is 15.4 Å². The largest absolute Gasteiger partial charge is 0.465 e. The topological polar surface area (TPSA) is 55.6 Å². The molecule has 1 rings (SSSR count). The van der Waals surface area contributed by atoms with Gasteiger partial charge >= 0.3 is 5.97 Å². The summed E-state index contributed by atoms with van der Waals surface area (Å²) in [6.45, 7) is 10.9. The zero-order chi connectivity index (χ0) is 13.8. The van der Waals surface area contributed by atoms with Gasteiger partial charge in [0.15, 0.2) is 0 Å². The van der Waals surface area contributed by atoms with Crippen LogP contribution in [0.5, 0.6) is 0 Å². The van der Waals surface area contributed by atoms with E-state index >= 15 is 0 Å². The van der Waals surface area contributed by atoms with Gasteiger partial charge in [-0.15, -0.1) is 0 Å². The van der Waals surface area contributed by atoms with Crippen molar-refractivity contribution in [2.45, 2.75) is 58.5 Å². The van der Waals surface area contributed by atoms with Gasteiger partial charge in [0.2, 0.25) is 0 Å². The maximum absolute atomic E-state index is 11.9. The number of rotatable bonds is 6. The first-order valence-corrected chi connectivity index (χ1v) is 7.13. The van der Waals surface area contributed by atoms with E-state index in [1.165, 1.54) is 0 Å². The van der Waals surface area contributed by atoms with Gasteiger partial charge in [-0.3, -0.25) is 4.79 Å². The number of hydrogen-bond acceptors (Lipinski definition) is 4. The molecule has 0 bridgehead atoms. The van der Waals surface area contributed by atoms with E-state index in [1.807, 2.05) is 6.92 Å². The molecular formula is C14H28N2O2. The van der Waals surface area contributed by atoms with E-state index in [1.54, 1.807) is 0 Å². The first-order valence-electron chi connectivity index (χ1n) is 7.13. The van der Waals surface area contributed by atoms with Gasteiger partial charge in [0.1, 0.15) is 5.54 Å². The van der Waals surface area contributed by atoms with Crippen LogP contribution in [0.3, 0.4) is 0 Å². The standard InChI is InChI=1S/C14H28N2O2/c1-5-16(10-11(3)4)12-7-8-14(15,9-12)13(17)18-6-2/h11-12H,5-10,15H2,1-4H3. The first kappa shape index (κ1) is 15.4. The Kier molecular flexibility index (Phi) is 5.60. The fourth-order valence-electron chi connectivity index (χ4n) is 2.83. The second kappa shape index (κ2) is 6.53. The van der Waals surface area contributed by atoms with Gasteiger partial charge in [-0.2, -0.15) is 0 Å². The number of ether oxygens (including phenoxy) is 1. The second-order valence-electron chi connectivity index (χ2n) is 5.75. The molecule has 0 heterocycles. The van der Waals surface area contributed by atoms with Gasteiger partial charge in [-0.1, -0.05) is 20.8 Å². The van der Waals surface area contributed by atoms with Gasteiger partial charge in [0.25, 0.3) is 0 Å². The Morgan fingerprint density at radius 1 is 1.50 bits per heavy atom. The van der Waals surface area contributed by atoms with Crippen molar-refractivity contribution >= 4 is 5.97 Å². The van der Waals surface area contributed by atoms with Crippen molar-refractivity contribution in [2.24, 2.45) is 11.7 Å². The number of nitrogens with two attached hydrogens (primary N) is 1. The van der Waals surface area contributed by atoms with Crippen LogP contribution in [-0.4, -0.2) is 42.1 Å². The summed E-state index contributed by atoms with van der Waals surface area (Å²) < 4.78 is 5.09. The minimum absolute atomic E-state index is 0.229. The lowest BCUT2D eigenvalue weighted by molar-refractivity contribution is -0.149. The molecule has 0 saturated heterocycles. The molecule has 1 saturated carbocycles. The SMILES string of the molecule is CCOC(=O)C1(N)CCC(N(CC)CC(C)C)C1. The minimum Gasteiger partial charge on any atom is -0.465 e. The molecule has 0 radical (unpaired) electrons. The van der Waals surface area contributed by atoms with Crippen LogP contribution in [0.25, 0.3) is 0 Å². The Bertz CT molecular complexity index is 281. The summed E-state index contributed by atoms with van der Waals surface area (Å²) in [6, 6.07) is 0.423. The average Bonchev–Trinajstić information content (AvgIpc) is 2.70. The normalized spacial score (nSPS) is 28.1. The molecule has 0 aromatic heterocycles. The minimum atomic E-state index is -0.759. The Balaban J connectivity index is 2.60. The van der Waals surface area contributed by atoms with Crippen molar-refractivity contribution in [2.75, 3.05) is 19.7 Å². The van der Waals surface area contributed by atoms with E-state index in [2.05, 4.69) is 25.7 Å². The van der Waals surface area contributed by atoms with Crippen LogP contribution in [0.1, 0.15) is 47.0 Å². The smallest absolute Gasteiger partial charge is 0.326 e. The molecule has 0 aromatic rings. The molecule has 2 N–H and O–H groups in total. The number of carbonyl (C=O) groups is 1. The highest BCUT2D eigenvalue weighted by Crippen LogP contribution is 2.32. The van der Waals surface area contributed by atoms with Crippen molar-refractivity contribution < 1.29 is 9.53 Å². The zero-order valence-corrected chi connectivity index (χ0v) is 12.2. The fourth-order valence-corrected chi connectivity index (χ4v) is 2.83. The van der Waals surface area contributed by atoms with Gasteiger partial charge in [-0.25, -0.2) is 0 Å². The fraction of sp³-hybridized carbons (Fsp3) is 0.929. The van der Waals surface area contributed by atoms with Crippen molar-refractivity contribution in [3.8, 4) is 0 Å². The van der Waals surface area contributed by atoms with Crippen LogP contribution in [0.4, 0.5) is 0 Å².